The molecule has 0 spiro atoms. The van der Waals surface area contributed by atoms with E-state index >= 15 is 0 Å². The number of ether oxygens (including phenoxy) is 1. The fourth-order valence-electron chi connectivity index (χ4n) is 2.75. The Balaban J connectivity index is 1.87. The molecule has 1 heterocycles. The zero-order valence-corrected chi connectivity index (χ0v) is 11.8. The van der Waals surface area contributed by atoms with E-state index in [9.17, 15) is 0 Å². The summed E-state index contributed by atoms with van der Waals surface area (Å²) in [4.78, 5) is 3.47. The first kappa shape index (κ1) is 12.0. The average molecular weight is 273 g/mol. The zero-order valence-electron chi connectivity index (χ0n) is 11.8. The summed E-state index contributed by atoms with van der Waals surface area (Å²) in [6.07, 6.45) is 0. The number of H-pyrrole nitrogens is 1. The lowest BCUT2D eigenvalue weighted by atomic mass is 10.1. The molecule has 4 rings (SSSR count). The topological polar surface area (TPSA) is 25.0 Å². The maximum absolute atomic E-state index is 5.27. The Morgan fingerprint density at radius 1 is 0.762 bits per heavy atom. The van der Waals surface area contributed by atoms with E-state index < -0.39 is 0 Å². The lowest BCUT2D eigenvalue weighted by molar-refractivity contribution is 0.415. The number of aromatic amines is 1. The van der Waals surface area contributed by atoms with Crippen LogP contribution >= 0.6 is 0 Å². The Hall–Kier alpha value is -2.74. The molecule has 0 fully saturated rings. The fraction of sp³-hybridized carbons (Fsp3) is 0.0526. The van der Waals surface area contributed by atoms with Crippen molar-refractivity contribution >= 4 is 21.7 Å². The third-order valence-electron chi connectivity index (χ3n) is 3.89. The van der Waals surface area contributed by atoms with Gasteiger partial charge in [0.2, 0.25) is 0 Å². The normalized spacial score (nSPS) is 11.1. The molecule has 102 valence electrons. The molecule has 0 unspecified atom stereocenters. The lowest BCUT2D eigenvalue weighted by Gasteiger charge is -2.01. The second-order valence-corrected chi connectivity index (χ2v) is 5.20. The summed E-state index contributed by atoms with van der Waals surface area (Å²) >= 11 is 0. The molecule has 1 aromatic heterocycles. The number of hydrogen-bond donors (Lipinski definition) is 1. The van der Waals surface area contributed by atoms with Crippen molar-refractivity contribution in [3.8, 4) is 17.0 Å². The molecular formula is C19H15NO. The predicted octanol–water partition coefficient (Wildman–Crippen LogP) is 5.00. The molecule has 1 N–H and O–H groups in total. The molecule has 3 aromatic carbocycles. The summed E-state index contributed by atoms with van der Waals surface area (Å²) in [5, 5.41) is 3.71. The van der Waals surface area contributed by atoms with Crippen LogP contribution in [0.15, 0.2) is 66.7 Å². The number of aromatic nitrogens is 1. The Morgan fingerprint density at radius 2 is 1.57 bits per heavy atom. The highest BCUT2D eigenvalue weighted by molar-refractivity contribution is 5.91. The molecule has 0 amide bonds. The van der Waals surface area contributed by atoms with E-state index in [1.165, 1.54) is 21.7 Å². The van der Waals surface area contributed by atoms with Gasteiger partial charge >= 0.3 is 0 Å². The molecule has 2 heteroatoms. The molecule has 0 atom stereocenters. The van der Waals surface area contributed by atoms with Crippen molar-refractivity contribution in [3.05, 3.63) is 66.7 Å². The number of methoxy groups -OCH3 is 1. The van der Waals surface area contributed by atoms with Gasteiger partial charge in [0, 0.05) is 22.7 Å². The van der Waals surface area contributed by atoms with Gasteiger partial charge in [-0.15, -0.1) is 0 Å². The van der Waals surface area contributed by atoms with Crippen molar-refractivity contribution in [1.29, 1.82) is 0 Å². The van der Waals surface area contributed by atoms with Crippen molar-refractivity contribution in [3.63, 3.8) is 0 Å². The summed E-state index contributed by atoms with van der Waals surface area (Å²) in [5.74, 6) is 0.870. The molecule has 0 saturated carbocycles. The predicted molar refractivity (Wildman–Crippen MR) is 87.8 cm³/mol. The minimum Gasteiger partial charge on any atom is -0.497 e. The van der Waals surface area contributed by atoms with E-state index in [1.807, 2.05) is 12.1 Å². The molecule has 0 radical (unpaired) electrons. The second-order valence-electron chi connectivity index (χ2n) is 5.20. The van der Waals surface area contributed by atoms with Crippen molar-refractivity contribution in [2.45, 2.75) is 0 Å². The van der Waals surface area contributed by atoms with Gasteiger partial charge in [0.05, 0.1) is 7.11 Å². The Morgan fingerprint density at radius 3 is 2.43 bits per heavy atom. The molecule has 21 heavy (non-hydrogen) atoms. The average Bonchev–Trinajstić information content (AvgIpc) is 2.97. The number of hydrogen-bond acceptors (Lipinski definition) is 1. The molecular weight excluding hydrogens is 258 g/mol. The Labute approximate surface area is 123 Å². The van der Waals surface area contributed by atoms with Gasteiger partial charge in [-0.25, -0.2) is 0 Å². The van der Waals surface area contributed by atoms with Crippen LogP contribution in [0.4, 0.5) is 0 Å². The largest absolute Gasteiger partial charge is 0.497 e. The molecule has 0 aliphatic heterocycles. The van der Waals surface area contributed by atoms with E-state index in [2.05, 4.69) is 59.6 Å². The maximum Gasteiger partial charge on any atom is 0.120 e. The fourth-order valence-corrected chi connectivity index (χ4v) is 2.75. The highest BCUT2D eigenvalue weighted by atomic mass is 16.5. The van der Waals surface area contributed by atoms with Crippen LogP contribution in [-0.4, -0.2) is 12.1 Å². The van der Waals surface area contributed by atoms with Crippen LogP contribution in [0.5, 0.6) is 5.75 Å². The summed E-state index contributed by atoms with van der Waals surface area (Å²) in [6, 6.07) is 23.2. The first-order chi connectivity index (χ1) is 10.3. The molecule has 4 aromatic rings. The van der Waals surface area contributed by atoms with Gasteiger partial charge < -0.3 is 9.72 Å². The van der Waals surface area contributed by atoms with Crippen molar-refractivity contribution in [1.82, 2.24) is 4.98 Å². The van der Waals surface area contributed by atoms with Crippen LogP contribution in [0.25, 0.3) is 32.9 Å². The van der Waals surface area contributed by atoms with Gasteiger partial charge in [-0.1, -0.05) is 36.4 Å². The van der Waals surface area contributed by atoms with Gasteiger partial charge in [-0.3, -0.25) is 0 Å². The molecule has 0 bridgehead atoms. The van der Waals surface area contributed by atoms with Crippen molar-refractivity contribution < 1.29 is 4.74 Å². The number of benzene rings is 3. The SMILES string of the molecule is COc1ccc2cc(-c3ccc4ccccc4c3)[nH]c2c1. The standard InChI is InChI=1S/C19H15NO/c1-21-17-9-8-16-11-18(20-19(16)12-17)15-7-6-13-4-2-3-5-14(13)10-15/h2-12,20H,1H3. The monoisotopic (exact) mass is 273 g/mol. The molecule has 0 aliphatic rings. The molecule has 2 nitrogen and oxygen atoms in total. The van der Waals surface area contributed by atoms with Gasteiger partial charge in [0.15, 0.2) is 0 Å². The van der Waals surface area contributed by atoms with Crippen LogP contribution < -0.4 is 4.74 Å². The van der Waals surface area contributed by atoms with Gasteiger partial charge in [0.1, 0.15) is 5.75 Å². The minimum absolute atomic E-state index is 0.870. The zero-order chi connectivity index (χ0) is 14.2. The molecule has 0 saturated heterocycles. The maximum atomic E-state index is 5.27. The number of fused-ring (bicyclic) bond motifs is 2. The lowest BCUT2D eigenvalue weighted by Crippen LogP contribution is -1.81. The number of rotatable bonds is 2. The first-order valence-electron chi connectivity index (χ1n) is 6.99. The minimum atomic E-state index is 0.870. The quantitative estimate of drug-likeness (QED) is 0.546. The van der Waals surface area contributed by atoms with Crippen LogP contribution in [0.3, 0.4) is 0 Å². The van der Waals surface area contributed by atoms with E-state index in [0.717, 1.165) is 17.0 Å². The summed E-state index contributed by atoms with van der Waals surface area (Å²) < 4.78 is 5.27. The van der Waals surface area contributed by atoms with Gasteiger partial charge in [-0.2, -0.15) is 0 Å². The van der Waals surface area contributed by atoms with Crippen LogP contribution in [0.2, 0.25) is 0 Å². The Kier molecular flexibility index (Phi) is 2.68. The van der Waals surface area contributed by atoms with Gasteiger partial charge in [-0.05, 0) is 40.6 Å². The summed E-state index contributed by atoms with van der Waals surface area (Å²) in [5.41, 5.74) is 3.42. The van der Waals surface area contributed by atoms with Gasteiger partial charge in [0.25, 0.3) is 0 Å². The summed E-state index contributed by atoms with van der Waals surface area (Å²) in [7, 11) is 1.69. The first-order valence-corrected chi connectivity index (χ1v) is 6.99. The van der Waals surface area contributed by atoms with E-state index in [-0.39, 0.29) is 0 Å². The molecule has 0 aliphatic carbocycles. The van der Waals surface area contributed by atoms with E-state index in [1.54, 1.807) is 7.11 Å². The summed E-state index contributed by atoms with van der Waals surface area (Å²) in [6.45, 7) is 0. The third kappa shape index (κ3) is 2.05. The highest BCUT2D eigenvalue weighted by Crippen LogP contribution is 2.28. The smallest absolute Gasteiger partial charge is 0.120 e. The van der Waals surface area contributed by atoms with E-state index in [0.29, 0.717) is 0 Å². The third-order valence-corrected chi connectivity index (χ3v) is 3.89. The van der Waals surface area contributed by atoms with Crippen molar-refractivity contribution in [2.75, 3.05) is 7.11 Å². The number of nitrogens with one attached hydrogen (secondary N) is 1. The Bertz CT molecular complexity index is 937. The highest BCUT2D eigenvalue weighted by Gasteiger charge is 2.05. The van der Waals surface area contributed by atoms with Crippen LogP contribution in [-0.2, 0) is 0 Å². The second kappa shape index (κ2) is 4.67. The van der Waals surface area contributed by atoms with Crippen molar-refractivity contribution in [2.24, 2.45) is 0 Å². The van der Waals surface area contributed by atoms with Crippen LogP contribution in [0.1, 0.15) is 0 Å². The van der Waals surface area contributed by atoms with E-state index in [4.69, 9.17) is 4.74 Å². The van der Waals surface area contributed by atoms with Crippen LogP contribution in [0, 0.1) is 0 Å².